The molecule has 0 aliphatic rings. The molecule has 1 aromatic carbocycles. The zero-order valence-electron chi connectivity index (χ0n) is 11.5. The topological polar surface area (TPSA) is 38.0 Å². The molecule has 0 saturated heterocycles. The highest BCUT2D eigenvalue weighted by Gasteiger charge is 2.13. The smallest absolute Gasteiger partial charge is 0.0845 e. The molecule has 0 aliphatic heterocycles. The van der Waals surface area contributed by atoms with Crippen molar-refractivity contribution in [2.45, 2.75) is 39.8 Å². The molecule has 0 saturated carbocycles. The Balaban J connectivity index is 2.22. The summed E-state index contributed by atoms with van der Waals surface area (Å²) in [6.07, 6.45) is 0.0856. The number of aliphatic hydroxyl groups is 1. The monoisotopic (exact) mass is 322 g/mol. The quantitative estimate of drug-likeness (QED) is 0.934. The Morgan fingerprint density at radius 1 is 1.26 bits per heavy atom. The van der Waals surface area contributed by atoms with Gasteiger partial charge in [0.15, 0.2) is 0 Å². The van der Waals surface area contributed by atoms with E-state index in [4.69, 9.17) is 0 Å². The van der Waals surface area contributed by atoms with Crippen molar-refractivity contribution < 1.29 is 5.11 Å². The van der Waals surface area contributed by atoms with Gasteiger partial charge in [0, 0.05) is 23.1 Å². The van der Waals surface area contributed by atoms with Crippen LogP contribution in [0, 0.1) is 13.8 Å². The molecular weight excluding hydrogens is 304 g/mol. The van der Waals surface area contributed by atoms with Crippen molar-refractivity contribution in [3.8, 4) is 0 Å². The molecule has 2 rings (SSSR count). The van der Waals surface area contributed by atoms with Gasteiger partial charge < -0.3 is 5.11 Å². The maximum atomic E-state index is 10.4. The van der Waals surface area contributed by atoms with Gasteiger partial charge in [-0.25, -0.2) is 0 Å². The lowest BCUT2D eigenvalue weighted by molar-refractivity contribution is 0.175. The summed E-state index contributed by atoms with van der Waals surface area (Å²) in [5, 5.41) is 14.8. The third kappa shape index (κ3) is 3.45. The molecule has 0 bridgehead atoms. The fourth-order valence-electron chi connectivity index (χ4n) is 2.31. The largest absolute Gasteiger partial charge is 0.388 e. The maximum Gasteiger partial charge on any atom is 0.0845 e. The summed E-state index contributed by atoms with van der Waals surface area (Å²) < 4.78 is 2.95. The van der Waals surface area contributed by atoms with Gasteiger partial charge in [-0.2, -0.15) is 5.10 Å². The van der Waals surface area contributed by atoms with E-state index in [1.54, 1.807) is 0 Å². The summed E-state index contributed by atoms with van der Waals surface area (Å²) in [5.74, 6) is 0. The van der Waals surface area contributed by atoms with Gasteiger partial charge in [0.2, 0.25) is 0 Å². The highest BCUT2D eigenvalue weighted by atomic mass is 79.9. The molecule has 0 amide bonds. The predicted octanol–water partition coefficient (Wildman–Crippen LogP) is 3.56. The van der Waals surface area contributed by atoms with E-state index in [2.05, 4.69) is 28.0 Å². The van der Waals surface area contributed by atoms with Crippen LogP contribution in [0.5, 0.6) is 0 Å². The number of nitrogens with zero attached hydrogens (tertiary/aromatic N) is 2. The first-order chi connectivity index (χ1) is 8.99. The number of hydrogen-bond acceptors (Lipinski definition) is 2. The molecule has 1 atom stereocenters. The summed E-state index contributed by atoms with van der Waals surface area (Å²) in [7, 11) is 0. The van der Waals surface area contributed by atoms with Crippen LogP contribution >= 0.6 is 15.9 Å². The Labute approximate surface area is 122 Å². The number of aryl methyl sites for hydroxylation is 3. The van der Waals surface area contributed by atoms with Crippen molar-refractivity contribution in [3.05, 3.63) is 51.3 Å². The van der Waals surface area contributed by atoms with Gasteiger partial charge in [0.05, 0.1) is 11.8 Å². The first-order valence-electron chi connectivity index (χ1n) is 6.48. The molecule has 19 heavy (non-hydrogen) atoms. The van der Waals surface area contributed by atoms with Gasteiger partial charge in [-0.1, -0.05) is 22.0 Å². The summed E-state index contributed by atoms with van der Waals surface area (Å²) in [5.41, 5.74) is 4.15. The Morgan fingerprint density at radius 2 is 2.00 bits per heavy atom. The molecule has 0 fully saturated rings. The Bertz CT molecular complexity index is 557. The fraction of sp³-hybridized carbons (Fsp3) is 0.400. The van der Waals surface area contributed by atoms with Crippen molar-refractivity contribution in [3.63, 3.8) is 0 Å². The van der Waals surface area contributed by atoms with Gasteiger partial charge in [-0.15, -0.1) is 0 Å². The number of aromatic nitrogens is 2. The molecular formula is C15H19BrN2O. The van der Waals surface area contributed by atoms with Crippen LogP contribution in [0.25, 0.3) is 0 Å². The van der Waals surface area contributed by atoms with Crippen LogP contribution in [-0.2, 0) is 13.0 Å². The number of aliphatic hydroxyl groups excluding tert-OH is 1. The molecule has 0 radical (unpaired) electrons. The summed E-state index contributed by atoms with van der Waals surface area (Å²) in [4.78, 5) is 0. The third-order valence-corrected chi connectivity index (χ3v) is 3.59. The molecule has 1 N–H and O–H groups in total. The third-order valence-electron chi connectivity index (χ3n) is 3.14. The molecule has 1 unspecified atom stereocenters. The summed E-state index contributed by atoms with van der Waals surface area (Å²) in [6, 6.07) is 8.07. The number of halogens is 1. The van der Waals surface area contributed by atoms with Crippen LogP contribution in [0.2, 0.25) is 0 Å². The second-order valence-electron chi connectivity index (χ2n) is 4.87. The van der Waals surface area contributed by atoms with E-state index < -0.39 is 6.10 Å². The highest BCUT2D eigenvalue weighted by Crippen LogP contribution is 2.23. The minimum absolute atomic E-state index is 0.502. The van der Waals surface area contributed by atoms with Crippen molar-refractivity contribution in [1.29, 1.82) is 0 Å². The highest BCUT2D eigenvalue weighted by molar-refractivity contribution is 9.10. The minimum atomic E-state index is -0.502. The van der Waals surface area contributed by atoms with E-state index in [-0.39, 0.29) is 0 Å². The lowest BCUT2D eigenvalue weighted by Gasteiger charge is -2.13. The first-order valence-corrected chi connectivity index (χ1v) is 7.27. The van der Waals surface area contributed by atoms with Crippen LogP contribution in [0.1, 0.15) is 35.5 Å². The second-order valence-corrected chi connectivity index (χ2v) is 5.79. The molecule has 4 heteroatoms. The van der Waals surface area contributed by atoms with E-state index in [1.807, 2.05) is 42.8 Å². The number of benzene rings is 1. The second kappa shape index (κ2) is 5.88. The van der Waals surface area contributed by atoms with E-state index in [9.17, 15) is 5.11 Å². The Hall–Kier alpha value is -1.13. The van der Waals surface area contributed by atoms with Crippen molar-refractivity contribution in [2.24, 2.45) is 0 Å². The van der Waals surface area contributed by atoms with Crippen LogP contribution < -0.4 is 0 Å². The van der Waals surface area contributed by atoms with Gasteiger partial charge in [-0.3, -0.25) is 4.68 Å². The van der Waals surface area contributed by atoms with Crippen LogP contribution in [0.15, 0.2) is 28.7 Å². The summed E-state index contributed by atoms with van der Waals surface area (Å²) in [6.45, 7) is 6.89. The average molecular weight is 323 g/mol. The van der Waals surface area contributed by atoms with Gasteiger partial charge in [-0.05, 0) is 50.1 Å². The molecule has 102 valence electrons. The SMILES string of the molecule is CCn1nc(C)cc1CC(O)c1cc(C)cc(Br)c1. The standard InChI is InChI=1S/C15H19BrN2O/c1-4-18-14(7-11(3)17-18)9-15(19)12-5-10(2)6-13(16)8-12/h5-8,15,19H,4,9H2,1-3H3. The maximum absolute atomic E-state index is 10.4. The molecule has 1 aromatic heterocycles. The lowest BCUT2D eigenvalue weighted by Crippen LogP contribution is -2.08. The van der Waals surface area contributed by atoms with Crippen molar-refractivity contribution in [1.82, 2.24) is 9.78 Å². The lowest BCUT2D eigenvalue weighted by atomic mass is 10.0. The van der Waals surface area contributed by atoms with Crippen LogP contribution in [0.3, 0.4) is 0 Å². The molecule has 2 aromatic rings. The number of rotatable bonds is 4. The van der Waals surface area contributed by atoms with Crippen molar-refractivity contribution >= 4 is 15.9 Å². The van der Waals surface area contributed by atoms with E-state index in [0.717, 1.165) is 33.5 Å². The Kier molecular flexibility index (Phi) is 4.42. The Morgan fingerprint density at radius 3 is 2.63 bits per heavy atom. The zero-order valence-corrected chi connectivity index (χ0v) is 13.1. The fourth-order valence-corrected chi connectivity index (χ4v) is 2.94. The average Bonchev–Trinajstić information content (AvgIpc) is 2.68. The van der Waals surface area contributed by atoms with Crippen LogP contribution in [0.4, 0.5) is 0 Å². The number of hydrogen-bond donors (Lipinski definition) is 1. The normalized spacial score (nSPS) is 12.7. The molecule has 0 spiro atoms. The summed E-state index contributed by atoms with van der Waals surface area (Å²) >= 11 is 3.47. The zero-order chi connectivity index (χ0) is 14.0. The predicted molar refractivity (Wildman–Crippen MR) is 80.2 cm³/mol. The van der Waals surface area contributed by atoms with Gasteiger partial charge in [0.25, 0.3) is 0 Å². The first kappa shape index (κ1) is 14.3. The molecule has 3 nitrogen and oxygen atoms in total. The van der Waals surface area contributed by atoms with Gasteiger partial charge >= 0.3 is 0 Å². The van der Waals surface area contributed by atoms with E-state index >= 15 is 0 Å². The minimum Gasteiger partial charge on any atom is -0.388 e. The van der Waals surface area contributed by atoms with E-state index in [1.165, 1.54) is 0 Å². The van der Waals surface area contributed by atoms with E-state index in [0.29, 0.717) is 6.42 Å². The van der Waals surface area contributed by atoms with Gasteiger partial charge in [0.1, 0.15) is 0 Å². The molecule has 0 aliphatic carbocycles. The van der Waals surface area contributed by atoms with Crippen LogP contribution in [-0.4, -0.2) is 14.9 Å². The molecule has 1 heterocycles. The van der Waals surface area contributed by atoms with Crippen molar-refractivity contribution in [2.75, 3.05) is 0 Å².